The number of carbonyl (C=O) groups excluding carboxylic acids is 2. The summed E-state index contributed by atoms with van der Waals surface area (Å²) >= 11 is 0. The van der Waals surface area contributed by atoms with Crippen LogP contribution in [0.4, 0.5) is 0 Å². The van der Waals surface area contributed by atoms with Crippen LogP contribution < -0.4 is 10.2 Å². The lowest BCUT2D eigenvalue weighted by molar-refractivity contribution is -0.870. The second kappa shape index (κ2) is 66.6. The molecule has 0 aliphatic rings. The molecular weight excluding hydrogens is 1100 g/mol. The van der Waals surface area contributed by atoms with E-state index in [0.29, 0.717) is 17.4 Å². The van der Waals surface area contributed by atoms with Crippen LogP contribution in [0, 0.1) is 0 Å². The average molecular weight is 1240 g/mol. The Balaban J connectivity index is 4.94. The van der Waals surface area contributed by atoms with E-state index in [2.05, 4.69) is 74.7 Å². The second-order valence-corrected chi connectivity index (χ2v) is 28.2. The highest BCUT2D eigenvalue weighted by molar-refractivity contribution is 7.45. The molecule has 0 aromatic carbocycles. The van der Waals surface area contributed by atoms with Gasteiger partial charge in [0.15, 0.2) is 0 Å². The maximum absolute atomic E-state index is 13.6. The fraction of sp³-hybridized carbons (Fsp3) is 0.844. The van der Waals surface area contributed by atoms with Crippen molar-refractivity contribution in [1.29, 1.82) is 0 Å². The number of allylic oxidation sites excluding steroid dienone is 9. The normalized spacial score (nSPS) is 13.8. The molecule has 1 N–H and O–H groups in total. The van der Waals surface area contributed by atoms with E-state index in [4.69, 9.17) is 13.8 Å². The number of quaternary nitrogens is 1. The predicted molar refractivity (Wildman–Crippen MR) is 376 cm³/mol. The molecule has 0 aliphatic carbocycles. The summed E-state index contributed by atoms with van der Waals surface area (Å²) in [6, 6.07) is -0.890. The van der Waals surface area contributed by atoms with Gasteiger partial charge in [0, 0.05) is 12.8 Å². The first-order chi connectivity index (χ1) is 42.4. The molecule has 87 heavy (non-hydrogen) atoms. The maximum Gasteiger partial charge on any atom is 0.306 e. The largest absolute Gasteiger partial charge is 0.756 e. The zero-order chi connectivity index (χ0) is 63.5. The van der Waals surface area contributed by atoms with Crippen LogP contribution in [-0.2, 0) is 27.9 Å². The summed E-state index contributed by atoms with van der Waals surface area (Å²) in [5.74, 6) is -0.528. The van der Waals surface area contributed by atoms with E-state index in [9.17, 15) is 19.0 Å². The predicted octanol–water partition coefficient (Wildman–Crippen LogP) is 23.5. The number of esters is 1. The number of amides is 1. The van der Waals surface area contributed by atoms with Crippen molar-refractivity contribution in [3.05, 3.63) is 60.8 Å². The summed E-state index contributed by atoms with van der Waals surface area (Å²) in [5.41, 5.74) is 0. The third-order valence-corrected chi connectivity index (χ3v) is 17.9. The molecule has 0 aliphatic heterocycles. The van der Waals surface area contributed by atoms with Gasteiger partial charge in [-0.15, -0.1) is 0 Å². The Labute approximate surface area is 541 Å². The summed E-state index contributed by atoms with van der Waals surface area (Å²) < 4.78 is 30.5. The fourth-order valence-electron chi connectivity index (χ4n) is 11.1. The number of carbonyl (C=O) groups is 2. The zero-order valence-corrected chi connectivity index (χ0v) is 59.4. The van der Waals surface area contributed by atoms with E-state index >= 15 is 0 Å². The molecule has 9 nitrogen and oxygen atoms in total. The molecule has 3 unspecified atom stereocenters. The summed E-state index contributed by atoms with van der Waals surface area (Å²) in [7, 11) is 1.19. The van der Waals surface area contributed by atoms with Crippen molar-refractivity contribution < 1.29 is 37.3 Å². The van der Waals surface area contributed by atoms with Crippen molar-refractivity contribution in [3.8, 4) is 0 Å². The molecule has 510 valence electrons. The number of nitrogens with one attached hydrogen (secondary N) is 1. The first-order valence-corrected chi connectivity index (χ1v) is 39.1. The van der Waals surface area contributed by atoms with E-state index in [1.807, 2.05) is 33.3 Å². The Morgan fingerprint density at radius 3 is 1.08 bits per heavy atom. The molecule has 0 saturated heterocycles. The van der Waals surface area contributed by atoms with Crippen LogP contribution in [0.15, 0.2) is 60.8 Å². The van der Waals surface area contributed by atoms with Crippen LogP contribution in [0.25, 0.3) is 0 Å². The van der Waals surface area contributed by atoms with Crippen molar-refractivity contribution in [1.82, 2.24) is 5.32 Å². The molecule has 0 aromatic heterocycles. The van der Waals surface area contributed by atoms with E-state index in [1.54, 1.807) is 0 Å². The van der Waals surface area contributed by atoms with Crippen LogP contribution in [-0.4, -0.2) is 69.4 Å². The maximum atomic E-state index is 13.6. The number of unbranched alkanes of at least 4 members (excludes halogenated alkanes) is 45. The van der Waals surface area contributed by atoms with Crippen molar-refractivity contribution in [2.24, 2.45) is 0 Å². The van der Waals surface area contributed by atoms with Crippen LogP contribution in [0.1, 0.15) is 367 Å². The minimum absolute atomic E-state index is 0.0220. The fourth-order valence-corrected chi connectivity index (χ4v) is 11.8. The lowest BCUT2D eigenvalue weighted by Gasteiger charge is -2.30. The van der Waals surface area contributed by atoms with E-state index in [0.717, 1.165) is 70.6 Å². The van der Waals surface area contributed by atoms with E-state index in [-0.39, 0.29) is 31.5 Å². The molecular formula is C77H145N2O7P. The minimum Gasteiger partial charge on any atom is -0.756 e. The van der Waals surface area contributed by atoms with Gasteiger partial charge in [0.05, 0.1) is 33.8 Å². The Kier molecular flexibility index (Phi) is 64.9. The molecule has 3 atom stereocenters. The van der Waals surface area contributed by atoms with Crippen LogP contribution >= 0.6 is 7.82 Å². The Bertz CT molecular complexity index is 1670. The van der Waals surface area contributed by atoms with Crippen molar-refractivity contribution in [3.63, 3.8) is 0 Å². The molecule has 0 heterocycles. The summed E-state index contributed by atoms with van der Waals surface area (Å²) in [4.78, 5) is 40.2. The number of hydrogen-bond acceptors (Lipinski definition) is 7. The van der Waals surface area contributed by atoms with Gasteiger partial charge in [-0.25, -0.2) is 0 Å². The minimum atomic E-state index is -4.71. The Morgan fingerprint density at radius 2 is 0.701 bits per heavy atom. The zero-order valence-electron chi connectivity index (χ0n) is 58.5. The Hall–Kier alpha value is -2.29. The second-order valence-electron chi connectivity index (χ2n) is 26.8. The van der Waals surface area contributed by atoms with Gasteiger partial charge in [-0.3, -0.25) is 14.2 Å². The van der Waals surface area contributed by atoms with Crippen molar-refractivity contribution >= 4 is 19.7 Å². The average Bonchev–Trinajstić information content (AvgIpc) is 3.70. The molecule has 0 saturated carbocycles. The van der Waals surface area contributed by atoms with Gasteiger partial charge in [-0.1, -0.05) is 319 Å². The van der Waals surface area contributed by atoms with Gasteiger partial charge in [0.25, 0.3) is 7.82 Å². The van der Waals surface area contributed by atoms with E-state index < -0.39 is 20.0 Å². The standard InChI is InChI=1S/C77H145N2O7P/c1-7-10-13-16-19-22-25-27-29-31-33-35-37-39-41-43-45-47-49-51-54-57-60-63-66-69-76(80)78-74(73-85-87(82,83)84-72-71-79(4,5)6)75(68-65-62-59-56-53-24-21-18-15-12-9-3)86-77(81)70-67-64-61-58-55-52-50-48-46-44-42-40-38-36-34-32-30-28-26-23-20-17-14-11-8-2/h19,22,27-30,33,35,65,68,74-75H,7-18,20-21,23-26,31-32,34,36-64,66-67,69-73H2,1-6H3,(H-,78,80,82,83)/b22-19-,29-27-,30-28+,35-33-,68-65+. The van der Waals surface area contributed by atoms with Crippen LogP contribution in [0.5, 0.6) is 0 Å². The van der Waals surface area contributed by atoms with Crippen LogP contribution in [0.3, 0.4) is 0 Å². The molecule has 0 rings (SSSR count). The SMILES string of the molecule is CCCCC/C=C\C/C=C\C/C=C\CCCCCCCCCCCCCCC(=O)NC(COP(=O)([O-])OCC[N+](C)(C)C)C(/C=C/CCCCCCCCCCC)OC(=O)CCCCCCCCCCCCCCCCC/C=C/CCCCCCCC. The summed E-state index contributed by atoms with van der Waals surface area (Å²) in [5, 5.41) is 3.05. The molecule has 0 fully saturated rings. The summed E-state index contributed by atoms with van der Waals surface area (Å²) in [6.45, 7) is 6.86. The van der Waals surface area contributed by atoms with Crippen molar-refractivity contribution in [2.75, 3.05) is 40.9 Å². The van der Waals surface area contributed by atoms with Crippen LogP contribution in [0.2, 0.25) is 0 Å². The monoisotopic (exact) mass is 1240 g/mol. The number of ether oxygens (including phenoxy) is 1. The van der Waals surface area contributed by atoms with Crippen molar-refractivity contribution in [2.45, 2.75) is 380 Å². The molecule has 0 radical (unpaired) electrons. The smallest absolute Gasteiger partial charge is 0.306 e. The van der Waals surface area contributed by atoms with Gasteiger partial charge in [-0.2, -0.15) is 0 Å². The number of hydrogen-bond donors (Lipinski definition) is 1. The Morgan fingerprint density at radius 1 is 0.402 bits per heavy atom. The third kappa shape index (κ3) is 67.9. The molecule has 0 aromatic rings. The lowest BCUT2D eigenvalue weighted by atomic mass is 10.0. The highest BCUT2D eigenvalue weighted by atomic mass is 31.2. The number of phosphoric ester groups is 1. The number of phosphoric acid groups is 1. The number of likely N-dealkylation sites (N-methyl/N-ethyl adjacent to an activating group) is 1. The third-order valence-electron chi connectivity index (χ3n) is 16.9. The van der Waals surface area contributed by atoms with E-state index in [1.165, 1.54) is 263 Å². The first-order valence-electron chi connectivity index (χ1n) is 37.6. The van der Waals surface area contributed by atoms with Gasteiger partial charge in [0.1, 0.15) is 19.3 Å². The number of nitrogens with zero attached hydrogens (tertiary/aromatic N) is 1. The molecule has 1 amide bonds. The summed E-state index contributed by atoms with van der Waals surface area (Å²) in [6.07, 6.45) is 86.4. The highest BCUT2D eigenvalue weighted by Gasteiger charge is 2.27. The van der Waals surface area contributed by atoms with Gasteiger partial charge < -0.3 is 28.5 Å². The first kappa shape index (κ1) is 84.7. The van der Waals surface area contributed by atoms with Gasteiger partial charge >= 0.3 is 5.97 Å². The van der Waals surface area contributed by atoms with Gasteiger partial charge in [-0.05, 0) is 96.0 Å². The topological polar surface area (TPSA) is 114 Å². The molecule has 0 bridgehead atoms. The quantitative estimate of drug-likeness (QED) is 0.0212. The molecule has 0 spiro atoms. The number of rotatable bonds is 69. The highest BCUT2D eigenvalue weighted by Crippen LogP contribution is 2.38. The lowest BCUT2D eigenvalue weighted by Crippen LogP contribution is -2.47. The van der Waals surface area contributed by atoms with Gasteiger partial charge in [0.2, 0.25) is 5.91 Å². The molecule has 10 heteroatoms.